The number of nitrogens with one attached hydrogen (secondary N) is 2. The summed E-state index contributed by atoms with van der Waals surface area (Å²) >= 11 is 0. The van der Waals surface area contributed by atoms with Gasteiger partial charge in [-0.1, -0.05) is 18.2 Å². The molecule has 0 unspecified atom stereocenters. The first kappa shape index (κ1) is 26.5. The number of halogens is 2. The average Bonchev–Trinajstić information content (AvgIpc) is 3.42. The number of nitrogens with zero attached hydrogens (tertiary/aromatic N) is 4. The number of carbonyl (C=O) groups is 2. The molecule has 4 N–H and O–H groups in total. The number of rotatable bonds is 10. The number of benzene rings is 2. The molecule has 1 amide bonds. The van der Waals surface area contributed by atoms with E-state index in [1.165, 1.54) is 6.07 Å². The van der Waals surface area contributed by atoms with Gasteiger partial charge < -0.3 is 11.1 Å². The van der Waals surface area contributed by atoms with Crippen LogP contribution in [0, 0.1) is 17.6 Å². The van der Waals surface area contributed by atoms with Crippen molar-refractivity contribution in [1.29, 1.82) is 0 Å². The second-order valence-corrected chi connectivity index (χ2v) is 9.39. The Kier molecular flexibility index (Phi) is 7.81. The Hall–Kier alpha value is -5.06. The van der Waals surface area contributed by atoms with E-state index in [9.17, 15) is 18.4 Å². The number of nitrogens with two attached hydrogens (primary N) is 1. The van der Waals surface area contributed by atoms with Crippen molar-refractivity contribution in [2.75, 3.05) is 5.73 Å². The lowest BCUT2D eigenvalue weighted by Gasteiger charge is -2.17. The Labute approximate surface area is 227 Å². The summed E-state index contributed by atoms with van der Waals surface area (Å²) in [4.78, 5) is 38.7. The highest BCUT2D eigenvalue weighted by molar-refractivity contribution is 5.91. The summed E-state index contributed by atoms with van der Waals surface area (Å²) in [5, 5.41) is 11.4. The van der Waals surface area contributed by atoms with Crippen LogP contribution >= 0.6 is 0 Å². The fourth-order valence-electron chi connectivity index (χ4n) is 4.44. The summed E-state index contributed by atoms with van der Waals surface area (Å²) in [7, 11) is 0. The molecular weight excluding hydrogens is 516 g/mol. The number of hydrogen-bond acceptors (Lipinski definition) is 7. The first-order chi connectivity index (χ1) is 19.4. The van der Waals surface area contributed by atoms with Crippen LogP contribution in [0.2, 0.25) is 0 Å². The minimum absolute atomic E-state index is 0.0477. The molecule has 0 saturated carbocycles. The molecule has 5 rings (SSSR count). The topological polar surface area (TPSA) is 140 Å². The largest absolute Gasteiger partial charge is 0.383 e. The first-order valence-corrected chi connectivity index (χ1v) is 12.5. The SMILES string of the molecule is Nc1nccc2cc(CNC(=O)[C@@H](CC(=O)Cc3nc(-c4cccnc4)n[nH]3)Cc3ccc(F)c(F)c3)ccc12. The van der Waals surface area contributed by atoms with Gasteiger partial charge in [-0.25, -0.2) is 18.7 Å². The number of aromatic amines is 1. The molecule has 0 bridgehead atoms. The maximum absolute atomic E-state index is 13.9. The number of nitrogen functional groups attached to an aromatic ring is 1. The molecular formula is C29H25F2N7O2. The molecule has 2 aromatic carbocycles. The summed E-state index contributed by atoms with van der Waals surface area (Å²) in [6, 6.07) is 14.4. The van der Waals surface area contributed by atoms with Gasteiger partial charge in [0.05, 0.1) is 6.42 Å². The van der Waals surface area contributed by atoms with Gasteiger partial charge in [-0.2, -0.15) is 5.10 Å². The lowest BCUT2D eigenvalue weighted by Crippen LogP contribution is -2.33. The molecule has 0 fully saturated rings. The fourth-order valence-corrected chi connectivity index (χ4v) is 4.44. The van der Waals surface area contributed by atoms with Crippen LogP contribution in [-0.2, 0) is 29.0 Å². The van der Waals surface area contributed by atoms with Gasteiger partial charge in [0.2, 0.25) is 5.91 Å². The number of carbonyl (C=O) groups excluding carboxylic acids is 2. The predicted octanol–water partition coefficient (Wildman–Crippen LogP) is 3.95. The molecule has 0 aliphatic heterocycles. The second kappa shape index (κ2) is 11.8. The van der Waals surface area contributed by atoms with Crippen molar-refractivity contribution in [2.24, 2.45) is 5.92 Å². The van der Waals surface area contributed by atoms with E-state index in [2.05, 4.69) is 30.5 Å². The second-order valence-electron chi connectivity index (χ2n) is 9.39. The van der Waals surface area contributed by atoms with Crippen LogP contribution in [0.1, 0.15) is 23.4 Å². The molecule has 40 heavy (non-hydrogen) atoms. The number of ketones is 1. The smallest absolute Gasteiger partial charge is 0.224 e. The summed E-state index contributed by atoms with van der Waals surface area (Å²) < 4.78 is 27.3. The van der Waals surface area contributed by atoms with E-state index >= 15 is 0 Å². The number of amides is 1. The molecule has 202 valence electrons. The molecule has 0 saturated heterocycles. The maximum Gasteiger partial charge on any atom is 0.224 e. The standard InChI is InChI=1S/C29H25F2N7O2/c30-24-6-4-17(12-25(24)31)10-21(13-22(39)14-26-36-28(38-37-26)20-2-1-8-33-16-20)29(40)35-15-18-3-5-23-19(11-18)7-9-34-27(23)32/h1-9,11-12,16,21H,10,13-15H2,(H2,32,34)(H,35,40)(H,36,37,38)/t21-/m1/s1. The van der Waals surface area contributed by atoms with Crippen LogP contribution in [0.4, 0.5) is 14.6 Å². The zero-order valence-corrected chi connectivity index (χ0v) is 21.3. The van der Waals surface area contributed by atoms with Crippen molar-refractivity contribution < 1.29 is 18.4 Å². The molecule has 3 aromatic heterocycles. The Morgan fingerprint density at radius 1 is 1.00 bits per heavy atom. The molecule has 0 spiro atoms. The van der Waals surface area contributed by atoms with Crippen molar-refractivity contribution in [1.82, 2.24) is 30.5 Å². The van der Waals surface area contributed by atoms with Crippen LogP contribution < -0.4 is 11.1 Å². The summed E-state index contributed by atoms with van der Waals surface area (Å²) in [5.41, 5.74) is 7.84. The van der Waals surface area contributed by atoms with Gasteiger partial charge in [0, 0.05) is 48.4 Å². The monoisotopic (exact) mass is 541 g/mol. The molecule has 1 atom stereocenters. The zero-order valence-electron chi connectivity index (χ0n) is 21.3. The average molecular weight is 542 g/mol. The van der Waals surface area contributed by atoms with E-state index in [0.29, 0.717) is 28.6 Å². The van der Waals surface area contributed by atoms with Crippen molar-refractivity contribution in [3.63, 3.8) is 0 Å². The third-order valence-electron chi connectivity index (χ3n) is 6.45. The maximum atomic E-state index is 13.9. The third kappa shape index (κ3) is 6.32. The number of anilines is 1. The Morgan fingerprint density at radius 2 is 1.85 bits per heavy atom. The Morgan fingerprint density at radius 3 is 2.65 bits per heavy atom. The van der Waals surface area contributed by atoms with Crippen molar-refractivity contribution in [2.45, 2.75) is 25.8 Å². The van der Waals surface area contributed by atoms with E-state index in [-0.39, 0.29) is 37.5 Å². The highest BCUT2D eigenvalue weighted by atomic mass is 19.2. The third-order valence-corrected chi connectivity index (χ3v) is 6.45. The van der Waals surface area contributed by atoms with Gasteiger partial charge in [0.1, 0.15) is 17.4 Å². The van der Waals surface area contributed by atoms with Gasteiger partial charge in [-0.15, -0.1) is 0 Å². The zero-order chi connectivity index (χ0) is 28.1. The fraction of sp³-hybridized carbons (Fsp3) is 0.172. The summed E-state index contributed by atoms with van der Waals surface area (Å²) in [5.74, 6) is -2.30. The van der Waals surface area contributed by atoms with Crippen molar-refractivity contribution in [3.05, 3.63) is 102 Å². The number of Topliss-reactive ketones (excluding diaryl/α,β-unsaturated/α-hetero) is 1. The molecule has 0 aliphatic carbocycles. The van der Waals surface area contributed by atoms with E-state index < -0.39 is 17.6 Å². The van der Waals surface area contributed by atoms with E-state index in [1.54, 1.807) is 30.7 Å². The van der Waals surface area contributed by atoms with Crippen LogP contribution in [-0.4, -0.2) is 36.8 Å². The van der Waals surface area contributed by atoms with Gasteiger partial charge in [-0.05, 0) is 59.3 Å². The first-order valence-electron chi connectivity index (χ1n) is 12.5. The minimum atomic E-state index is -1.02. The van der Waals surface area contributed by atoms with Crippen LogP contribution in [0.15, 0.2) is 73.2 Å². The number of aromatic nitrogens is 5. The Balaban J connectivity index is 1.29. The van der Waals surface area contributed by atoms with E-state index in [0.717, 1.165) is 28.5 Å². The minimum Gasteiger partial charge on any atom is -0.383 e. The molecule has 0 radical (unpaired) electrons. The molecule has 11 heteroatoms. The lowest BCUT2D eigenvalue weighted by molar-refractivity contribution is -0.129. The molecule has 3 heterocycles. The van der Waals surface area contributed by atoms with Crippen LogP contribution in [0.5, 0.6) is 0 Å². The van der Waals surface area contributed by atoms with Crippen LogP contribution in [0.3, 0.4) is 0 Å². The van der Waals surface area contributed by atoms with Gasteiger partial charge in [-0.3, -0.25) is 19.7 Å². The highest BCUT2D eigenvalue weighted by Crippen LogP contribution is 2.21. The predicted molar refractivity (Wildman–Crippen MR) is 144 cm³/mol. The van der Waals surface area contributed by atoms with Crippen LogP contribution in [0.25, 0.3) is 22.2 Å². The normalized spacial score (nSPS) is 11.8. The number of pyridine rings is 2. The van der Waals surface area contributed by atoms with E-state index in [4.69, 9.17) is 5.73 Å². The number of hydrogen-bond donors (Lipinski definition) is 3. The Bertz CT molecular complexity index is 1670. The summed E-state index contributed by atoms with van der Waals surface area (Å²) in [6.45, 7) is 0.204. The van der Waals surface area contributed by atoms with E-state index in [1.807, 2.05) is 24.3 Å². The van der Waals surface area contributed by atoms with Crippen molar-refractivity contribution in [3.8, 4) is 11.4 Å². The number of fused-ring (bicyclic) bond motifs is 1. The quantitative estimate of drug-likeness (QED) is 0.243. The molecule has 9 nitrogen and oxygen atoms in total. The lowest BCUT2D eigenvalue weighted by atomic mass is 9.92. The van der Waals surface area contributed by atoms with Crippen molar-refractivity contribution >= 4 is 28.3 Å². The van der Waals surface area contributed by atoms with Gasteiger partial charge in [0.15, 0.2) is 17.5 Å². The highest BCUT2D eigenvalue weighted by Gasteiger charge is 2.24. The van der Waals surface area contributed by atoms with Gasteiger partial charge >= 0.3 is 0 Å². The summed E-state index contributed by atoms with van der Waals surface area (Å²) in [6.07, 6.45) is 4.69. The van der Waals surface area contributed by atoms with Gasteiger partial charge in [0.25, 0.3) is 0 Å². The molecule has 5 aromatic rings. The number of H-pyrrole nitrogens is 1. The molecule has 0 aliphatic rings.